The van der Waals surface area contributed by atoms with Crippen LogP contribution in [-0.4, -0.2) is 33.8 Å². The molecule has 0 aliphatic rings. The number of hydrogen-bond acceptors (Lipinski definition) is 10. The van der Waals surface area contributed by atoms with Gasteiger partial charge in [-0.1, -0.05) is 87.4 Å². The average Bonchev–Trinajstić information content (AvgIpc) is 3.07. The molecule has 0 saturated heterocycles. The van der Waals surface area contributed by atoms with Crippen LogP contribution in [0.3, 0.4) is 0 Å². The molecule has 4 rings (SSSR count). The average molecular weight is 705 g/mol. The van der Waals surface area contributed by atoms with Gasteiger partial charge in [0.05, 0.1) is 22.5 Å². The van der Waals surface area contributed by atoms with Crippen LogP contribution in [0.15, 0.2) is 60.7 Å². The number of nitrogens with zero attached hydrogens (tertiary/aromatic N) is 2. The Morgan fingerprint density at radius 2 is 0.923 bits per heavy atom. The fourth-order valence-electron chi connectivity index (χ4n) is 6.22. The fourth-order valence-corrected chi connectivity index (χ4v) is 6.22. The Morgan fingerprint density at radius 1 is 0.596 bits per heavy atom. The molecule has 0 aliphatic heterocycles. The van der Waals surface area contributed by atoms with Crippen molar-refractivity contribution in [1.29, 1.82) is 0 Å². The van der Waals surface area contributed by atoms with Crippen LogP contribution in [0.4, 0.5) is 0 Å². The van der Waals surface area contributed by atoms with Crippen molar-refractivity contribution in [3.8, 4) is 22.3 Å². The first-order chi connectivity index (χ1) is 24.6. The lowest BCUT2D eigenvalue weighted by Crippen LogP contribution is -2.20. The molecule has 0 saturated carbocycles. The number of carbonyl (C=O) groups is 4. The Morgan fingerprint density at radius 3 is 1.21 bits per heavy atom. The van der Waals surface area contributed by atoms with Crippen LogP contribution in [0.5, 0.6) is 0 Å². The Bertz CT molecular complexity index is 1870. The molecule has 2 aromatic carbocycles. The van der Waals surface area contributed by atoms with Crippen molar-refractivity contribution in [3.05, 3.63) is 117 Å². The zero-order chi connectivity index (χ0) is 38.3. The van der Waals surface area contributed by atoms with Crippen LogP contribution in [0.25, 0.3) is 22.3 Å². The number of aryl methyl sites for hydroxylation is 4. The summed E-state index contributed by atoms with van der Waals surface area (Å²) in [5.41, 5.74) is 20.9. The van der Waals surface area contributed by atoms with E-state index in [-0.39, 0.29) is 36.1 Å². The van der Waals surface area contributed by atoms with Crippen LogP contribution < -0.4 is 11.5 Å². The Kier molecular flexibility index (Phi) is 13.1. The van der Waals surface area contributed by atoms with E-state index in [1.807, 2.05) is 62.4 Å². The molecule has 10 heteroatoms. The van der Waals surface area contributed by atoms with Crippen LogP contribution in [0.2, 0.25) is 0 Å². The fraction of sp³-hybridized carbons (Fsp3) is 0.333. The minimum Gasteiger partial charge on any atom is -0.386 e. The highest BCUT2D eigenvalue weighted by Crippen LogP contribution is 2.35. The summed E-state index contributed by atoms with van der Waals surface area (Å²) in [4.78, 5) is 62.3. The van der Waals surface area contributed by atoms with Crippen molar-refractivity contribution in [1.82, 2.24) is 9.97 Å². The van der Waals surface area contributed by atoms with E-state index in [1.54, 1.807) is 13.8 Å². The molecule has 0 fully saturated rings. The number of carbonyl (C=O) groups excluding carboxylic acids is 4. The van der Waals surface area contributed by atoms with Gasteiger partial charge in [-0.05, 0) is 74.6 Å². The van der Waals surface area contributed by atoms with Crippen LogP contribution in [-0.2, 0) is 45.0 Å². The maximum absolute atomic E-state index is 13.6. The Hall–Kier alpha value is -5.32. The van der Waals surface area contributed by atoms with E-state index in [4.69, 9.17) is 20.9 Å². The summed E-state index contributed by atoms with van der Waals surface area (Å²) in [6.07, 6.45) is 2.76. The highest BCUT2D eigenvalue weighted by Gasteiger charge is 2.28. The third kappa shape index (κ3) is 9.31. The monoisotopic (exact) mass is 704 g/mol. The number of aromatic nitrogens is 2. The molecular formula is C42H48N4O6. The van der Waals surface area contributed by atoms with Crippen LogP contribution in [0, 0.1) is 39.5 Å². The van der Waals surface area contributed by atoms with Gasteiger partial charge in [0.1, 0.15) is 0 Å². The molecule has 0 spiro atoms. The second-order valence-corrected chi connectivity index (χ2v) is 13.8. The standard InChI is InChI=1S/C42H48N4O6/c1-23(2)19-33-31(21-43)39(29-13-9-25(5)10-14-29)37(27(7)45-33)41(49)51-35(47)17-18-36(48)52-42(50)38-28(8)46-34(20-24(3)4)32(22-44)40(38)30-15-11-26(6)12-16-30/h9-18,23-24H,19-22,43-44H2,1-8H3/b18-17+. The SMILES string of the molecule is Cc1ccc(-c2c(CN)c(CC(C)C)nc(C)c2C(=O)OC(=O)/C=C/C(=O)OC(=O)c2c(C)nc(CC(C)C)c(CN)c2-c2ccc(C)cc2)cc1. The first-order valence-electron chi connectivity index (χ1n) is 17.4. The zero-order valence-corrected chi connectivity index (χ0v) is 31.3. The van der Waals surface area contributed by atoms with E-state index in [2.05, 4.69) is 37.7 Å². The van der Waals surface area contributed by atoms with Crippen LogP contribution >= 0.6 is 0 Å². The number of ether oxygens (including phenoxy) is 2. The van der Waals surface area contributed by atoms with Crippen molar-refractivity contribution in [2.45, 2.75) is 81.3 Å². The Balaban J connectivity index is 1.61. The second kappa shape index (κ2) is 17.3. The molecule has 4 aromatic rings. The van der Waals surface area contributed by atoms with Crippen molar-refractivity contribution in [2.75, 3.05) is 0 Å². The van der Waals surface area contributed by atoms with Gasteiger partial charge in [0.2, 0.25) is 0 Å². The summed E-state index contributed by atoms with van der Waals surface area (Å²) < 4.78 is 10.4. The van der Waals surface area contributed by atoms with E-state index >= 15 is 0 Å². The van der Waals surface area contributed by atoms with E-state index in [0.29, 0.717) is 46.5 Å². The summed E-state index contributed by atoms with van der Waals surface area (Å²) >= 11 is 0. The lowest BCUT2D eigenvalue weighted by atomic mass is 9.90. The molecule has 0 radical (unpaired) electrons. The number of benzene rings is 2. The number of esters is 4. The molecule has 0 aliphatic carbocycles. The first-order valence-corrected chi connectivity index (χ1v) is 17.4. The lowest BCUT2D eigenvalue weighted by Gasteiger charge is -2.20. The maximum Gasteiger partial charge on any atom is 0.348 e. The topological polar surface area (TPSA) is 165 Å². The normalized spacial score (nSPS) is 11.4. The predicted molar refractivity (Wildman–Crippen MR) is 201 cm³/mol. The number of hydrogen-bond donors (Lipinski definition) is 2. The third-order valence-electron chi connectivity index (χ3n) is 8.57. The van der Waals surface area contributed by atoms with Gasteiger partial charge >= 0.3 is 23.9 Å². The maximum atomic E-state index is 13.6. The van der Waals surface area contributed by atoms with Gasteiger partial charge < -0.3 is 20.9 Å². The lowest BCUT2D eigenvalue weighted by molar-refractivity contribution is -0.135. The molecule has 272 valence electrons. The number of nitrogens with two attached hydrogens (primary N) is 2. The number of rotatable bonds is 12. The summed E-state index contributed by atoms with van der Waals surface area (Å²) in [5, 5.41) is 0. The molecule has 0 unspecified atom stereocenters. The molecule has 2 heterocycles. The van der Waals surface area contributed by atoms with Crippen molar-refractivity contribution < 1.29 is 28.7 Å². The summed E-state index contributed by atoms with van der Waals surface area (Å²) in [6, 6.07) is 15.2. The molecule has 4 N–H and O–H groups in total. The van der Waals surface area contributed by atoms with Gasteiger partial charge in [0, 0.05) is 47.8 Å². The van der Waals surface area contributed by atoms with E-state index in [9.17, 15) is 19.2 Å². The predicted octanol–water partition coefficient (Wildman–Crippen LogP) is 6.98. The van der Waals surface area contributed by atoms with E-state index < -0.39 is 23.9 Å². The molecule has 52 heavy (non-hydrogen) atoms. The summed E-state index contributed by atoms with van der Waals surface area (Å²) in [6.45, 7) is 15.7. The van der Waals surface area contributed by atoms with Crippen molar-refractivity contribution >= 4 is 23.9 Å². The highest BCUT2D eigenvalue weighted by molar-refractivity contribution is 6.08. The second-order valence-electron chi connectivity index (χ2n) is 13.8. The Labute approximate surface area is 305 Å². The van der Waals surface area contributed by atoms with Gasteiger partial charge in [-0.3, -0.25) is 9.97 Å². The van der Waals surface area contributed by atoms with Gasteiger partial charge in [0.25, 0.3) is 0 Å². The smallest absolute Gasteiger partial charge is 0.348 e. The molecule has 10 nitrogen and oxygen atoms in total. The van der Waals surface area contributed by atoms with E-state index in [0.717, 1.165) is 45.8 Å². The quantitative estimate of drug-likeness (QED) is 0.0893. The minimum atomic E-state index is -1.13. The molecule has 0 bridgehead atoms. The van der Waals surface area contributed by atoms with Crippen molar-refractivity contribution in [2.24, 2.45) is 23.3 Å². The number of pyridine rings is 2. The van der Waals surface area contributed by atoms with Gasteiger partial charge in [-0.2, -0.15) is 0 Å². The molecule has 2 aromatic heterocycles. The summed E-state index contributed by atoms with van der Waals surface area (Å²) in [5.74, 6) is -3.62. The first kappa shape index (κ1) is 39.5. The molecule has 0 amide bonds. The summed E-state index contributed by atoms with van der Waals surface area (Å²) in [7, 11) is 0. The molecular weight excluding hydrogens is 656 g/mol. The van der Waals surface area contributed by atoms with Gasteiger partial charge in [-0.15, -0.1) is 0 Å². The molecule has 0 atom stereocenters. The van der Waals surface area contributed by atoms with E-state index in [1.165, 1.54) is 0 Å². The third-order valence-corrected chi connectivity index (χ3v) is 8.57. The van der Waals surface area contributed by atoms with Gasteiger partial charge in [0.15, 0.2) is 0 Å². The largest absolute Gasteiger partial charge is 0.386 e. The van der Waals surface area contributed by atoms with Crippen LogP contribution in [0.1, 0.15) is 93.4 Å². The van der Waals surface area contributed by atoms with Gasteiger partial charge in [-0.25, -0.2) is 19.2 Å². The zero-order valence-electron chi connectivity index (χ0n) is 31.3. The van der Waals surface area contributed by atoms with Crippen molar-refractivity contribution in [3.63, 3.8) is 0 Å². The highest BCUT2D eigenvalue weighted by atomic mass is 16.6. The minimum absolute atomic E-state index is 0.0968.